The van der Waals surface area contributed by atoms with E-state index in [9.17, 15) is 4.79 Å². The van der Waals surface area contributed by atoms with Crippen molar-refractivity contribution in [3.8, 4) is 0 Å². The quantitative estimate of drug-likeness (QED) is 0.847. The maximum Gasteiger partial charge on any atom is 0.251 e. The monoisotopic (exact) mass is 377 g/mol. The highest BCUT2D eigenvalue weighted by molar-refractivity contribution is 9.11. The van der Waals surface area contributed by atoms with Crippen LogP contribution in [0.15, 0.2) is 27.1 Å². The number of nitrogens with one attached hydrogen (secondary N) is 1. The molecule has 0 spiro atoms. The summed E-state index contributed by atoms with van der Waals surface area (Å²) >= 11 is 8.70. The lowest BCUT2D eigenvalue weighted by Gasteiger charge is -2.22. The number of amides is 1. The summed E-state index contributed by atoms with van der Waals surface area (Å²) < 4.78 is 1.82. The molecule has 5 heteroatoms. The zero-order chi connectivity index (χ0) is 12.3. The molecule has 1 saturated heterocycles. The Morgan fingerprint density at radius 2 is 2.00 bits per heavy atom. The molecule has 0 aromatic heterocycles. The largest absolute Gasteiger partial charge is 0.348 e. The molecular weight excluding hydrogens is 366 g/mol. The van der Waals surface area contributed by atoms with E-state index in [0.29, 0.717) is 11.6 Å². The number of hydrogen-bond acceptors (Lipinski definition) is 2. The van der Waals surface area contributed by atoms with Crippen molar-refractivity contribution in [3.63, 3.8) is 0 Å². The Kier molecular flexibility index (Phi) is 4.94. The molecule has 17 heavy (non-hydrogen) atoms. The highest BCUT2D eigenvalue weighted by Crippen LogP contribution is 2.21. The van der Waals surface area contributed by atoms with Crippen LogP contribution in [0.2, 0.25) is 0 Å². The average molecular weight is 379 g/mol. The first-order valence-electron chi connectivity index (χ1n) is 5.50. The van der Waals surface area contributed by atoms with Crippen molar-refractivity contribution in [2.45, 2.75) is 18.9 Å². The Bertz CT molecular complexity index is 399. The highest BCUT2D eigenvalue weighted by atomic mass is 79.9. The van der Waals surface area contributed by atoms with E-state index in [-0.39, 0.29) is 5.91 Å². The van der Waals surface area contributed by atoms with Gasteiger partial charge in [0, 0.05) is 26.3 Å². The van der Waals surface area contributed by atoms with Crippen molar-refractivity contribution in [1.82, 2.24) is 5.32 Å². The number of carbonyl (C=O) groups excluding carboxylic acids is 1. The maximum atomic E-state index is 12.1. The number of rotatable bonds is 2. The minimum atomic E-state index is 0.0134. The minimum absolute atomic E-state index is 0.0134. The van der Waals surface area contributed by atoms with Crippen LogP contribution in [0.3, 0.4) is 0 Å². The molecular formula is C12H13Br2NOS. The molecule has 1 aromatic rings. The predicted octanol–water partition coefficient (Wildman–Crippen LogP) is 3.84. The van der Waals surface area contributed by atoms with E-state index in [1.807, 2.05) is 30.0 Å². The Hall–Kier alpha value is -0.000000000000000111. The molecule has 92 valence electrons. The summed E-state index contributed by atoms with van der Waals surface area (Å²) in [6, 6.07) is 5.93. The van der Waals surface area contributed by atoms with Gasteiger partial charge < -0.3 is 5.32 Å². The van der Waals surface area contributed by atoms with E-state index in [0.717, 1.165) is 21.1 Å². The van der Waals surface area contributed by atoms with E-state index < -0.39 is 0 Å². The molecule has 1 amide bonds. The van der Waals surface area contributed by atoms with E-state index in [1.165, 1.54) is 12.2 Å². The molecule has 1 aromatic carbocycles. The Morgan fingerprint density at radius 3 is 2.59 bits per heavy atom. The van der Waals surface area contributed by atoms with Gasteiger partial charge in [0.2, 0.25) is 0 Å². The van der Waals surface area contributed by atoms with E-state index in [1.54, 1.807) is 0 Å². The highest BCUT2D eigenvalue weighted by Gasteiger charge is 2.17. The van der Waals surface area contributed by atoms with Crippen molar-refractivity contribution in [3.05, 3.63) is 32.7 Å². The van der Waals surface area contributed by atoms with E-state index in [2.05, 4.69) is 37.2 Å². The summed E-state index contributed by atoms with van der Waals surface area (Å²) in [5, 5.41) is 3.09. The number of halogens is 2. The second-order valence-electron chi connectivity index (χ2n) is 4.05. The predicted molar refractivity (Wildman–Crippen MR) is 79.7 cm³/mol. The van der Waals surface area contributed by atoms with Crippen LogP contribution in [0.1, 0.15) is 23.2 Å². The van der Waals surface area contributed by atoms with Gasteiger partial charge in [-0.05, 0) is 36.8 Å². The molecule has 1 aliphatic heterocycles. The zero-order valence-electron chi connectivity index (χ0n) is 9.21. The molecule has 2 rings (SSSR count). The van der Waals surface area contributed by atoms with Gasteiger partial charge in [-0.25, -0.2) is 0 Å². The maximum absolute atomic E-state index is 12.1. The van der Waals surface area contributed by atoms with Crippen LogP contribution in [-0.4, -0.2) is 23.5 Å². The van der Waals surface area contributed by atoms with Gasteiger partial charge in [0.1, 0.15) is 0 Å². The summed E-state index contributed by atoms with van der Waals surface area (Å²) in [5.41, 5.74) is 0.696. The van der Waals surface area contributed by atoms with Crippen LogP contribution in [0.25, 0.3) is 0 Å². The lowest BCUT2D eigenvalue weighted by Crippen LogP contribution is -2.38. The van der Waals surface area contributed by atoms with Crippen molar-refractivity contribution in [2.24, 2.45) is 0 Å². The first-order valence-corrected chi connectivity index (χ1v) is 8.24. The van der Waals surface area contributed by atoms with Crippen molar-refractivity contribution in [2.75, 3.05) is 11.5 Å². The van der Waals surface area contributed by atoms with Crippen molar-refractivity contribution >= 4 is 49.5 Å². The van der Waals surface area contributed by atoms with E-state index >= 15 is 0 Å². The topological polar surface area (TPSA) is 29.1 Å². The third kappa shape index (κ3) is 4.00. The zero-order valence-corrected chi connectivity index (χ0v) is 13.2. The van der Waals surface area contributed by atoms with Gasteiger partial charge in [0.05, 0.1) is 0 Å². The molecule has 1 heterocycles. The number of benzene rings is 1. The third-order valence-electron chi connectivity index (χ3n) is 2.62. The van der Waals surface area contributed by atoms with Gasteiger partial charge in [-0.3, -0.25) is 4.79 Å². The number of carbonyl (C=O) groups is 1. The number of hydrogen-bond donors (Lipinski definition) is 1. The summed E-state index contributed by atoms with van der Waals surface area (Å²) in [7, 11) is 0. The lowest BCUT2D eigenvalue weighted by molar-refractivity contribution is 0.0938. The van der Waals surface area contributed by atoms with Crippen molar-refractivity contribution in [1.29, 1.82) is 0 Å². The summed E-state index contributed by atoms with van der Waals surface area (Å²) in [6.45, 7) is 0. The van der Waals surface area contributed by atoms with Crippen LogP contribution in [0.4, 0.5) is 0 Å². The van der Waals surface area contributed by atoms with Gasteiger partial charge in [0.15, 0.2) is 0 Å². The first kappa shape index (κ1) is 13.4. The molecule has 2 nitrogen and oxygen atoms in total. The van der Waals surface area contributed by atoms with Gasteiger partial charge >= 0.3 is 0 Å². The van der Waals surface area contributed by atoms with Gasteiger partial charge in [0.25, 0.3) is 5.91 Å². The van der Waals surface area contributed by atoms with Crippen LogP contribution in [0, 0.1) is 0 Å². The fourth-order valence-electron chi connectivity index (χ4n) is 1.81. The summed E-state index contributed by atoms with van der Waals surface area (Å²) in [5.74, 6) is 2.26. The summed E-state index contributed by atoms with van der Waals surface area (Å²) in [4.78, 5) is 12.1. The molecule has 0 bridgehead atoms. The minimum Gasteiger partial charge on any atom is -0.348 e. The summed E-state index contributed by atoms with van der Waals surface area (Å²) in [6.07, 6.45) is 2.28. The Balaban J connectivity index is 2.03. The SMILES string of the molecule is O=C(NC1CCCSC1)c1cc(Br)cc(Br)c1. The van der Waals surface area contributed by atoms with Crippen LogP contribution in [-0.2, 0) is 0 Å². The second kappa shape index (κ2) is 6.25. The molecule has 1 atom stereocenters. The van der Waals surface area contributed by atoms with Crippen LogP contribution >= 0.6 is 43.6 Å². The fraction of sp³-hybridized carbons (Fsp3) is 0.417. The fourth-order valence-corrected chi connectivity index (χ4v) is 4.17. The Morgan fingerprint density at radius 1 is 1.29 bits per heavy atom. The van der Waals surface area contributed by atoms with Crippen molar-refractivity contribution < 1.29 is 4.79 Å². The van der Waals surface area contributed by atoms with E-state index in [4.69, 9.17) is 0 Å². The molecule has 1 unspecified atom stereocenters. The first-order chi connectivity index (χ1) is 8.15. The Labute approximate surface area is 122 Å². The molecule has 0 aliphatic carbocycles. The standard InChI is InChI=1S/C12H13Br2NOS/c13-9-4-8(5-10(14)6-9)12(16)15-11-2-1-3-17-7-11/h4-6,11H,1-3,7H2,(H,15,16). The molecule has 1 fully saturated rings. The molecule has 0 radical (unpaired) electrons. The second-order valence-corrected chi connectivity index (χ2v) is 7.03. The average Bonchev–Trinajstić information content (AvgIpc) is 2.29. The molecule has 1 N–H and O–H groups in total. The van der Waals surface area contributed by atoms with Gasteiger partial charge in [-0.15, -0.1) is 0 Å². The molecule has 1 aliphatic rings. The smallest absolute Gasteiger partial charge is 0.251 e. The van der Waals surface area contributed by atoms with Gasteiger partial charge in [-0.1, -0.05) is 31.9 Å². The van der Waals surface area contributed by atoms with Crippen LogP contribution < -0.4 is 5.32 Å². The third-order valence-corrected chi connectivity index (χ3v) is 4.75. The normalized spacial score (nSPS) is 20.0. The van der Waals surface area contributed by atoms with Crippen LogP contribution in [0.5, 0.6) is 0 Å². The number of thioether (sulfide) groups is 1. The lowest BCUT2D eigenvalue weighted by atomic mass is 10.1. The van der Waals surface area contributed by atoms with Gasteiger partial charge in [-0.2, -0.15) is 11.8 Å². The molecule has 0 saturated carbocycles.